The number of ether oxygens (including phenoxy) is 1. The molecule has 1 rings (SSSR count). The van der Waals surface area contributed by atoms with Crippen molar-refractivity contribution in [1.82, 2.24) is 5.32 Å². The molecule has 2 unspecified atom stereocenters. The molecule has 2 N–H and O–H groups in total. The van der Waals surface area contributed by atoms with Crippen LogP contribution < -0.4 is 5.32 Å². The zero-order valence-electron chi connectivity index (χ0n) is 9.50. The van der Waals surface area contributed by atoms with Gasteiger partial charge in [0.05, 0.1) is 6.42 Å². The van der Waals surface area contributed by atoms with Gasteiger partial charge in [-0.05, 0) is 19.3 Å². The minimum atomic E-state index is -4.65. The third kappa shape index (κ3) is 4.91. The van der Waals surface area contributed by atoms with E-state index in [0.29, 0.717) is 13.0 Å². The number of amides is 1. The summed E-state index contributed by atoms with van der Waals surface area (Å²) < 4.78 is 41.4. The zero-order valence-corrected chi connectivity index (χ0v) is 9.50. The Morgan fingerprint density at radius 2 is 2.06 bits per heavy atom. The van der Waals surface area contributed by atoms with E-state index in [9.17, 15) is 22.8 Å². The van der Waals surface area contributed by atoms with Crippen LogP contribution in [0.2, 0.25) is 0 Å². The van der Waals surface area contributed by atoms with Crippen LogP contribution in [-0.4, -0.2) is 41.9 Å². The highest BCUT2D eigenvalue weighted by atomic mass is 19.4. The molecule has 1 saturated heterocycles. The van der Waals surface area contributed by atoms with Gasteiger partial charge in [-0.2, -0.15) is 13.2 Å². The number of carboxylic acids is 1. The number of nitrogens with one attached hydrogen (secondary N) is 1. The minimum absolute atomic E-state index is 0.356. The molecule has 0 saturated carbocycles. The van der Waals surface area contributed by atoms with E-state index >= 15 is 0 Å². The van der Waals surface area contributed by atoms with Crippen LogP contribution in [0.3, 0.4) is 0 Å². The van der Waals surface area contributed by atoms with Gasteiger partial charge in [-0.1, -0.05) is 0 Å². The van der Waals surface area contributed by atoms with Gasteiger partial charge in [0.2, 0.25) is 5.91 Å². The van der Waals surface area contributed by atoms with Crippen molar-refractivity contribution in [3.05, 3.63) is 0 Å². The van der Waals surface area contributed by atoms with Crippen molar-refractivity contribution in [2.24, 2.45) is 0 Å². The highest BCUT2D eigenvalue weighted by Gasteiger charge is 2.37. The monoisotopic (exact) mass is 269 g/mol. The average molecular weight is 269 g/mol. The van der Waals surface area contributed by atoms with Crippen LogP contribution >= 0.6 is 0 Å². The summed E-state index contributed by atoms with van der Waals surface area (Å²) in [6.07, 6.45) is -5.19. The zero-order chi connectivity index (χ0) is 13.8. The summed E-state index contributed by atoms with van der Waals surface area (Å²) in [5.74, 6) is -2.51. The number of aliphatic carboxylic acids is 1. The van der Waals surface area contributed by atoms with Crippen molar-refractivity contribution in [2.45, 2.75) is 44.0 Å². The van der Waals surface area contributed by atoms with Crippen molar-refractivity contribution in [2.75, 3.05) is 6.61 Å². The van der Waals surface area contributed by atoms with Crippen LogP contribution in [0.15, 0.2) is 0 Å². The van der Waals surface area contributed by atoms with Crippen molar-refractivity contribution < 1.29 is 32.6 Å². The first-order valence-electron chi connectivity index (χ1n) is 5.51. The van der Waals surface area contributed by atoms with Gasteiger partial charge in [-0.3, -0.25) is 4.79 Å². The third-order valence-corrected chi connectivity index (χ3v) is 2.52. The van der Waals surface area contributed by atoms with E-state index in [4.69, 9.17) is 9.84 Å². The number of carbonyl (C=O) groups excluding carboxylic acids is 1. The molecule has 0 bridgehead atoms. The van der Waals surface area contributed by atoms with Gasteiger partial charge in [-0.25, -0.2) is 4.79 Å². The van der Waals surface area contributed by atoms with Crippen LogP contribution in [0.5, 0.6) is 0 Å². The van der Waals surface area contributed by atoms with Crippen LogP contribution in [0, 0.1) is 0 Å². The molecule has 0 aromatic heterocycles. The molecule has 0 radical (unpaired) electrons. The standard InChI is InChI=1S/C10H14F3NO4/c11-10(12,13)5-6(9(16)17)14-8(15)7-3-1-2-4-18-7/h6-7H,1-5H2,(H,14,15)(H,16,17). The minimum Gasteiger partial charge on any atom is -0.480 e. The summed E-state index contributed by atoms with van der Waals surface area (Å²) in [5.41, 5.74) is 0. The molecule has 1 aliphatic heterocycles. The fraction of sp³-hybridized carbons (Fsp3) is 0.800. The highest BCUT2D eigenvalue weighted by molar-refractivity contribution is 5.86. The maximum atomic E-state index is 12.1. The number of rotatable bonds is 4. The molecular weight excluding hydrogens is 255 g/mol. The molecule has 1 fully saturated rings. The van der Waals surface area contributed by atoms with Crippen molar-refractivity contribution >= 4 is 11.9 Å². The SMILES string of the molecule is O=C(O)C(CC(F)(F)F)NC(=O)C1CCCCO1. The van der Waals surface area contributed by atoms with Gasteiger partial charge >= 0.3 is 12.1 Å². The van der Waals surface area contributed by atoms with E-state index in [0.717, 1.165) is 12.8 Å². The summed E-state index contributed by atoms with van der Waals surface area (Å²) in [4.78, 5) is 22.2. The lowest BCUT2D eigenvalue weighted by atomic mass is 10.1. The Hall–Kier alpha value is -1.31. The normalized spacial score (nSPS) is 22.3. The number of carboxylic acid groups (broad SMARTS) is 1. The van der Waals surface area contributed by atoms with Gasteiger partial charge < -0.3 is 15.2 Å². The van der Waals surface area contributed by atoms with Gasteiger partial charge in [0.1, 0.15) is 12.1 Å². The van der Waals surface area contributed by atoms with Crippen molar-refractivity contribution in [3.8, 4) is 0 Å². The summed E-state index contributed by atoms with van der Waals surface area (Å²) >= 11 is 0. The largest absolute Gasteiger partial charge is 0.480 e. The van der Waals surface area contributed by atoms with E-state index in [1.54, 1.807) is 0 Å². The first-order chi connectivity index (χ1) is 8.29. The van der Waals surface area contributed by atoms with Crippen LogP contribution in [0.25, 0.3) is 0 Å². The molecule has 8 heteroatoms. The Labute approximate surface area is 101 Å². The fourth-order valence-electron chi connectivity index (χ4n) is 1.64. The first-order valence-corrected chi connectivity index (χ1v) is 5.51. The van der Waals surface area contributed by atoms with E-state index < -0.39 is 36.6 Å². The van der Waals surface area contributed by atoms with E-state index in [1.165, 1.54) is 0 Å². The number of carbonyl (C=O) groups is 2. The van der Waals surface area contributed by atoms with Crippen LogP contribution in [0.1, 0.15) is 25.7 Å². The molecule has 0 aliphatic carbocycles. The van der Waals surface area contributed by atoms with Gasteiger partial charge in [0.15, 0.2) is 0 Å². The van der Waals surface area contributed by atoms with Crippen molar-refractivity contribution in [3.63, 3.8) is 0 Å². The second-order valence-electron chi connectivity index (χ2n) is 4.07. The molecule has 0 aromatic rings. The summed E-state index contributed by atoms with van der Waals surface area (Å²) in [6.45, 7) is 0.356. The van der Waals surface area contributed by atoms with Gasteiger partial charge in [0, 0.05) is 6.61 Å². The molecule has 0 spiro atoms. The molecule has 104 valence electrons. The molecule has 5 nitrogen and oxygen atoms in total. The number of alkyl halides is 3. The second kappa shape index (κ2) is 6.03. The van der Waals surface area contributed by atoms with E-state index in [2.05, 4.69) is 0 Å². The smallest absolute Gasteiger partial charge is 0.391 e. The maximum Gasteiger partial charge on any atom is 0.391 e. The Balaban J connectivity index is 2.54. The Kier molecular flexibility index (Phi) is 4.94. The maximum absolute atomic E-state index is 12.1. The number of hydrogen-bond acceptors (Lipinski definition) is 3. The molecule has 1 amide bonds. The number of hydrogen-bond donors (Lipinski definition) is 2. The van der Waals surface area contributed by atoms with Crippen LogP contribution in [0.4, 0.5) is 13.2 Å². The van der Waals surface area contributed by atoms with Crippen LogP contribution in [-0.2, 0) is 14.3 Å². The summed E-state index contributed by atoms with van der Waals surface area (Å²) in [7, 11) is 0. The lowest BCUT2D eigenvalue weighted by molar-refractivity contribution is -0.161. The lowest BCUT2D eigenvalue weighted by Gasteiger charge is -2.24. The van der Waals surface area contributed by atoms with E-state index in [-0.39, 0.29) is 0 Å². The summed E-state index contributed by atoms with van der Waals surface area (Å²) in [6, 6.07) is -1.97. The fourth-order valence-corrected chi connectivity index (χ4v) is 1.64. The number of halogens is 3. The van der Waals surface area contributed by atoms with E-state index in [1.807, 2.05) is 5.32 Å². The Morgan fingerprint density at radius 1 is 1.39 bits per heavy atom. The average Bonchev–Trinajstić information content (AvgIpc) is 2.27. The Morgan fingerprint density at radius 3 is 2.50 bits per heavy atom. The predicted molar refractivity (Wildman–Crippen MR) is 53.8 cm³/mol. The highest BCUT2D eigenvalue weighted by Crippen LogP contribution is 2.22. The molecule has 2 atom stereocenters. The molecule has 0 aromatic carbocycles. The molecule has 1 aliphatic rings. The predicted octanol–water partition coefficient (Wildman–Crippen LogP) is 1.08. The van der Waals surface area contributed by atoms with Gasteiger partial charge in [0.25, 0.3) is 0 Å². The molecule has 1 heterocycles. The molecule has 18 heavy (non-hydrogen) atoms. The third-order valence-electron chi connectivity index (χ3n) is 2.52. The lowest BCUT2D eigenvalue weighted by Crippen LogP contribution is -2.48. The Bertz CT molecular complexity index is 313. The summed E-state index contributed by atoms with van der Waals surface area (Å²) in [5, 5.41) is 10.5. The van der Waals surface area contributed by atoms with Crippen molar-refractivity contribution in [1.29, 1.82) is 0 Å². The topological polar surface area (TPSA) is 75.6 Å². The quantitative estimate of drug-likeness (QED) is 0.800. The molecular formula is C10H14F3NO4. The first kappa shape index (κ1) is 14.7. The second-order valence-corrected chi connectivity index (χ2v) is 4.07. The van der Waals surface area contributed by atoms with Gasteiger partial charge in [-0.15, -0.1) is 0 Å².